The summed E-state index contributed by atoms with van der Waals surface area (Å²) in [5.74, 6) is -0.0363. The van der Waals surface area contributed by atoms with Gasteiger partial charge in [-0.15, -0.1) is 11.3 Å². The molecular weight excluding hydrogens is 316 g/mol. The zero-order valence-corrected chi connectivity index (χ0v) is 12.5. The molecule has 2 N–H and O–H groups in total. The number of halogens is 1. The molecule has 0 atom stereocenters. The Labute approximate surface area is 119 Å². The van der Waals surface area contributed by atoms with Crippen molar-refractivity contribution in [3.63, 3.8) is 0 Å². The van der Waals surface area contributed by atoms with Crippen molar-refractivity contribution in [3.05, 3.63) is 20.8 Å². The molecule has 0 saturated carbocycles. The minimum atomic E-state index is -0.0363. The van der Waals surface area contributed by atoms with Gasteiger partial charge in [0.1, 0.15) is 4.88 Å². The van der Waals surface area contributed by atoms with Gasteiger partial charge in [-0.25, -0.2) is 0 Å². The molecule has 0 aliphatic carbocycles. The molecule has 1 aliphatic heterocycles. The van der Waals surface area contributed by atoms with Crippen LogP contribution in [0.5, 0.6) is 0 Å². The zero-order chi connectivity index (χ0) is 12.8. The molecular formula is C12H17BrN2O2S. The van der Waals surface area contributed by atoms with Gasteiger partial charge >= 0.3 is 0 Å². The minimum Gasteiger partial charge on any atom is -0.376 e. The maximum absolute atomic E-state index is 11.8. The van der Waals surface area contributed by atoms with Crippen molar-refractivity contribution in [1.82, 2.24) is 10.6 Å². The average molecular weight is 333 g/mol. The summed E-state index contributed by atoms with van der Waals surface area (Å²) >= 11 is 4.79. The van der Waals surface area contributed by atoms with Crippen molar-refractivity contribution < 1.29 is 9.53 Å². The molecule has 2 rings (SSSR count). The Bertz CT molecular complexity index is 391. The van der Waals surface area contributed by atoms with Crippen LogP contribution in [0, 0.1) is 0 Å². The van der Waals surface area contributed by atoms with Gasteiger partial charge in [-0.05, 0) is 53.3 Å². The molecule has 1 aromatic heterocycles. The molecule has 1 aromatic rings. The molecule has 4 nitrogen and oxygen atoms in total. The normalized spacial score (nSPS) is 16.7. The number of ether oxygens (including phenoxy) is 1. The van der Waals surface area contributed by atoms with Crippen LogP contribution < -0.4 is 10.6 Å². The lowest BCUT2D eigenvalue weighted by molar-refractivity contribution is 0.0343. The first kappa shape index (κ1) is 14.0. The zero-order valence-electron chi connectivity index (χ0n) is 10.1. The molecule has 1 aliphatic rings. The van der Waals surface area contributed by atoms with Crippen LogP contribution >= 0.6 is 27.3 Å². The highest BCUT2D eigenvalue weighted by Gasteiger charge is 2.14. The maximum atomic E-state index is 11.8. The fourth-order valence-electron chi connectivity index (χ4n) is 1.89. The number of carbonyl (C=O) groups is 1. The molecule has 0 aromatic carbocycles. The smallest absolute Gasteiger partial charge is 0.262 e. The number of piperidine rings is 1. The van der Waals surface area contributed by atoms with Crippen LogP contribution in [0.15, 0.2) is 15.9 Å². The second-order valence-corrected chi connectivity index (χ2v) is 5.94. The molecule has 18 heavy (non-hydrogen) atoms. The Kier molecular flexibility index (Phi) is 5.62. The van der Waals surface area contributed by atoms with E-state index in [0.717, 1.165) is 35.3 Å². The van der Waals surface area contributed by atoms with Crippen molar-refractivity contribution in [3.8, 4) is 0 Å². The van der Waals surface area contributed by atoms with Gasteiger partial charge < -0.3 is 15.4 Å². The third kappa shape index (κ3) is 4.05. The van der Waals surface area contributed by atoms with Gasteiger partial charge in [-0.1, -0.05) is 0 Å². The van der Waals surface area contributed by atoms with Crippen molar-refractivity contribution in [2.24, 2.45) is 0 Å². The predicted molar refractivity (Wildman–Crippen MR) is 76.2 cm³/mol. The molecule has 1 amide bonds. The average Bonchev–Trinajstić information content (AvgIpc) is 2.82. The van der Waals surface area contributed by atoms with E-state index >= 15 is 0 Å². The lowest BCUT2D eigenvalue weighted by Gasteiger charge is -2.22. The van der Waals surface area contributed by atoms with Crippen molar-refractivity contribution in [2.75, 3.05) is 26.2 Å². The van der Waals surface area contributed by atoms with Gasteiger partial charge in [0, 0.05) is 11.0 Å². The molecule has 0 radical (unpaired) electrons. The molecule has 0 spiro atoms. The number of carbonyl (C=O) groups excluding carboxylic acids is 1. The van der Waals surface area contributed by atoms with Gasteiger partial charge in [0.2, 0.25) is 0 Å². The van der Waals surface area contributed by atoms with E-state index in [1.807, 2.05) is 11.4 Å². The van der Waals surface area contributed by atoms with Gasteiger partial charge in [0.25, 0.3) is 5.91 Å². The molecule has 1 saturated heterocycles. The molecule has 0 bridgehead atoms. The van der Waals surface area contributed by atoms with Gasteiger partial charge in [0.15, 0.2) is 0 Å². The number of amides is 1. The van der Waals surface area contributed by atoms with E-state index in [2.05, 4.69) is 26.6 Å². The Morgan fingerprint density at radius 3 is 3.00 bits per heavy atom. The quantitative estimate of drug-likeness (QED) is 0.811. The van der Waals surface area contributed by atoms with Crippen LogP contribution in [-0.4, -0.2) is 38.3 Å². The van der Waals surface area contributed by atoms with Crippen LogP contribution in [0.4, 0.5) is 0 Å². The largest absolute Gasteiger partial charge is 0.376 e. The highest BCUT2D eigenvalue weighted by atomic mass is 79.9. The first-order chi connectivity index (χ1) is 8.77. The summed E-state index contributed by atoms with van der Waals surface area (Å²) in [5, 5.41) is 8.05. The Balaban J connectivity index is 1.63. The summed E-state index contributed by atoms with van der Waals surface area (Å²) in [6, 6.07) is 1.88. The standard InChI is InChI=1S/C12H17BrN2O2S/c13-10-3-8-18-11(10)12(16)15-6-7-17-9-1-4-14-5-2-9/h3,8-9,14H,1-2,4-7H2,(H,15,16). The highest BCUT2D eigenvalue weighted by molar-refractivity contribution is 9.10. The third-order valence-electron chi connectivity index (χ3n) is 2.85. The van der Waals surface area contributed by atoms with E-state index in [1.54, 1.807) is 0 Å². The topological polar surface area (TPSA) is 50.4 Å². The third-order valence-corrected chi connectivity index (χ3v) is 4.69. The second kappa shape index (κ2) is 7.23. The van der Waals surface area contributed by atoms with Crippen LogP contribution in [-0.2, 0) is 4.74 Å². The number of hydrogen-bond donors (Lipinski definition) is 2. The lowest BCUT2D eigenvalue weighted by Crippen LogP contribution is -2.34. The molecule has 6 heteroatoms. The summed E-state index contributed by atoms with van der Waals surface area (Å²) in [5.41, 5.74) is 0. The van der Waals surface area contributed by atoms with E-state index < -0.39 is 0 Å². The van der Waals surface area contributed by atoms with E-state index in [0.29, 0.717) is 19.3 Å². The molecule has 1 fully saturated rings. The summed E-state index contributed by atoms with van der Waals surface area (Å²) in [4.78, 5) is 12.5. The molecule has 100 valence electrons. The predicted octanol–water partition coefficient (Wildman–Crippen LogP) is 2.01. The van der Waals surface area contributed by atoms with Gasteiger partial charge in [-0.3, -0.25) is 4.79 Å². The first-order valence-corrected chi connectivity index (χ1v) is 7.78. The minimum absolute atomic E-state index is 0.0363. The molecule has 2 heterocycles. The second-order valence-electron chi connectivity index (χ2n) is 4.17. The van der Waals surface area contributed by atoms with E-state index in [9.17, 15) is 4.79 Å². The number of nitrogens with one attached hydrogen (secondary N) is 2. The Morgan fingerprint density at radius 1 is 1.56 bits per heavy atom. The Hall–Kier alpha value is -0.430. The van der Waals surface area contributed by atoms with Crippen LogP contribution in [0.25, 0.3) is 0 Å². The number of rotatable bonds is 5. The van der Waals surface area contributed by atoms with Crippen LogP contribution in [0.1, 0.15) is 22.5 Å². The van der Waals surface area contributed by atoms with Crippen LogP contribution in [0.3, 0.4) is 0 Å². The summed E-state index contributed by atoms with van der Waals surface area (Å²) < 4.78 is 6.57. The van der Waals surface area contributed by atoms with E-state index in [1.165, 1.54) is 11.3 Å². The summed E-state index contributed by atoms with van der Waals surface area (Å²) in [7, 11) is 0. The first-order valence-electron chi connectivity index (χ1n) is 6.11. The van der Waals surface area contributed by atoms with Crippen molar-refractivity contribution >= 4 is 33.2 Å². The number of thiophene rings is 1. The van der Waals surface area contributed by atoms with E-state index in [-0.39, 0.29) is 5.91 Å². The van der Waals surface area contributed by atoms with Gasteiger partial charge in [-0.2, -0.15) is 0 Å². The van der Waals surface area contributed by atoms with E-state index in [4.69, 9.17) is 4.74 Å². The van der Waals surface area contributed by atoms with Crippen LogP contribution in [0.2, 0.25) is 0 Å². The SMILES string of the molecule is O=C(NCCOC1CCNCC1)c1sccc1Br. The molecule has 0 unspecified atom stereocenters. The van der Waals surface area contributed by atoms with Crippen molar-refractivity contribution in [1.29, 1.82) is 0 Å². The Morgan fingerprint density at radius 2 is 2.33 bits per heavy atom. The van der Waals surface area contributed by atoms with Gasteiger partial charge in [0.05, 0.1) is 12.7 Å². The fraction of sp³-hybridized carbons (Fsp3) is 0.583. The van der Waals surface area contributed by atoms with Crippen molar-refractivity contribution in [2.45, 2.75) is 18.9 Å². The number of hydrogen-bond acceptors (Lipinski definition) is 4. The maximum Gasteiger partial charge on any atom is 0.262 e. The lowest BCUT2D eigenvalue weighted by atomic mass is 10.1. The summed E-state index contributed by atoms with van der Waals surface area (Å²) in [6.45, 7) is 3.20. The fourth-order valence-corrected chi connectivity index (χ4v) is 3.36. The summed E-state index contributed by atoms with van der Waals surface area (Å²) in [6.07, 6.45) is 2.46. The monoisotopic (exact) mass is 332 g/mol. The highest BCUT2D eigenvalue weighted by Crippen LogP contribution is 2.22.